The van der Waals surface area contributed by atoms with E-state index in [0.717, 1.165) is 42.3 Å². The second kappa shape index (κ2) is 19.1. The number of halogens is 2. The van der Waals surface area contributed by atoms with Crippen LogP contribution < -0.4 is 0 Å². The van der Waals surface area contributed by atoms with Crippen molar-refractivity contribution in [1.82, 2.24) is 0 Å². The quantitative estimate of drug-likeness (QED) is 0.102. The molecule has 0 saturated carbocycles. The van der Waals surface area contributed by atoms with Gasteiger partial charge in [-0.1, -0.05) is 202 Å². The molecule has 61 heavy (non-hydrogen) atoms. The molecule has 0 radical (unpaired) electrons. The molecule has 2 aliphatic carbocycles. The average Bonchev–Trinajstić information content (AvgIpc) is 3.29. The van der Waals surface area contributed by atoms with Crippen LogP contribution in [0.4, 0.5) is 0 Å². The number of hydrogen-bond acceptors (Lipinski definition) is 5. The summed E-state index contributed by atoms with van der Waals surface area (Å²) in [6.07, 6.45) is 10.2. The standard InChI is InChI=1S/C54H40Br2O5/c55-45-29-25-37(26-30-45)49(57)33-43-13-7-15-47(51(43)59)35-17-21-41(22-18-35)53(39-9-3-1-4-10-39)61-54(40-11-5-2-6-12-40)42-23-19-36(20-24-42)48-16-8-14-44(52(48)60)34-50(58)38-27-31-46(56)32-28-38/h1-32,43-44,53-54H,33-34H2. The number of allylic oxidation sites excluding steroid dienone is 8. The van der Waals surface area contributed by atoms with Crippen molar-refractivity contribution in [2.24, 2.45) is 11.8 Å². The van der Waals surface area contributed by atoms with Gasteiger partial charge in [0.1, 0.15) is 12.2 Å². The summed E-state index contributed by atoms with van der Waals surface area (Å²) in [6.45, 7) is 0. The lowest BCUT2D eigenvalue weighted by Gasteiger charge is -2.27. The van der Waals surface area contributed by atoms with Crippen molar-refractivity contribution in [3.8, 4) is 0 Å². The molecule has 4 unspecified atom stereocenters. The van der Waals surface area contributed by atoms with Crippen molar-refractivity contribution >= 4 is 66.1 Å². The number of hydrogen-bond donors (Lipinski definition) is 0. The number of ether oxygens (including phenoxy) is 1. The minimum atomic E-state index is -0.550. The molecule has 0 amide bonds. The predicted molar refractivity (Wildman–Crippen MR) is 248 cm³/mol. The molecule has 4 atom stereocenters. The first-order valence-electron chi connectivity index (χ1n) is 20.1. The summed E-state index contributed by atoms with van der Waals surface area (Å²) in [7, 11) is 0. The number of ketones is 4. The minimum absolute atomic E-state index is 0.0796. The summed E-state index contributed by atoms with van der Waals surface area (Å²) in [5, 5.41) is 0. The second-order valence-electron chi connectivity index (χ2n) is 15.1. The fraction of sp³-hybridized carbons (Fsp3) is 0.111. The highest BCUT2D eigenvalue weighted by Gasteiger charge is 2.29. The smallest absolute Gasteiger partial charge is 0.170 e. The van der Waals surface area contributed by atoms with E-state index in [1.165, 1.54) is 0 Å². The lowest BCUT2D eigenvalue weighted by atomic mass is 9.84. The lowest BCUT2D eigenvalue weighted by molar-refractivity contribution is -0.116. The highest BCUT2D eigenvalue weighted by atomic mass is 79.9. The molecule has 6 aromatic rings. The van der Waals surface area contributed by atoms with E-state index >= 15 is 0 Å². The Balaban J connectivity index is 1.02. The molecule has 7 heteroatoms. The van der Waals surface area contributed by atoms with Gasteiger partial charge in [0, 0.05) is 55.9 Å². The van der Waals surface area contributed by atoms with Gasteiger partial charge in [0.15, 0.2) is 23.1 Å². The van der Waals surface area contributed by atoms with Crippen molar-refractivity contribution < 1.29 is 23.9 Å². The summed E-state index contributed by atoms with van der Waals surface area (Å²) < 4.78 is 8.94. The molecule has 0 aliphatic heterocycles. The lowest BCUT2D eigenvalue weighted by Crippen LogP contribution is -2.20. The van der Waals surface area contributed by atoms with E-state index in [1.54, 1.807) is 36.4 Å². The van der Waals surface area contributed by atoms with Crippen LogP contribution in [0.2, 0.25) is 0 Å². The molecule has 0 aromatic heterocycles. The van der Waals surface area contributed by atoms with Crippen molar-refractivity contribution in [1.29, 1.82) is 0 Å². The zero-order chi connectivity index (χ0) is 42.3. The third kappa shape index (κ3) is 9.76. The van der Waals surface area contributed by atoms with Gasteiger partial charge in [-0.05, 0) is 57.6 Å². The third-order valence-corrected chi connectivity index (χ3v) is 12.1. The Hall–Kier alpha value is -6.12. The Kier molecular flexibility index (Phi) is 13.0. The molecule has 300 valence electrons. The van der Waals surface area contributed by atoms with E-state index in [2.05, 4.69) is 31.9 Å². The fourth-order valence-corrected chi connectivity index (χ4v) is 8.31. The fourth-order valence-electron chi connectivity index (χ4n) is 7.78. The monoisotopic (exact) mass is 926 g/mol. The van der Waals surface area contributed by atoms with E-state index in [1.807, 2.05) is 158 Å². The first-order chi connectivity index (χ1) is 29.7. The Labute approximate surface area is 372 Å². The van der Waals surface area contributed by atoms with Gasteiger partial charge < -0.3 is 4.74 Å². The second-order valence-corrected chi connectivity index (χ2v) is 16.9. The van der Waals surface area contributed by atoms with Gasteiger partial charge >= 0.3 is 0 Å². The normalized spacial score (nSPS) is 17.0. The van der Waals surface area contributed by atoms with Crippen LogP contribution in [0.3, 0.4) is 0 Å². The first kappa shape index (κ1) is 41.6. The van der Waals surface area contributed by atoms with Gasteiger partial charge in [0.25, 0.3) is 0 Å². The number of benzene rings is 6. The van der Waals surface area contributed by atoms with Gasteiger partial charge in [-0.15, -0.1) is 0 Å². The molecule has 8 rings (SSSR count). The summed E-state index contributed by atoms with van der Waals surface area (Å²) in [5.41, 5.74) is 7.54. The van der Waals surface area contributed by atoms with E-state index in [0.29, 0.717) is 22.3 Å². The summed E-state index contributed by atoms with van der Waals surface area (Å²) >= 11 is 6.83. The van der Waals surface area contributed by atoms with Crippen LogP contribution in [-0.4, -0.2) is 23.1 Å². The average molecular weight is 929 g/mol. The Morgan fingerprint density at radius 2 is 0.803 bits per heavy atom. The molecule has 0 spiro atoms. The maximum atomic E-state index is 13.8. The van der Waals surface area contributed by atoms with Gasteiger partial charge in [-0.3, -0.25) is 19.2 Å². The van der Waals surface area contributed by atoms with Crippen LogP contribution in [0.1, 0.15) is 79.1 Å². The molecule has 2 aliphatic rings. The van der Waals surface area contributed by atoms with Crippen molar-refractivity contribution in [3.63, 3.8) is 0 Å². The number of carbonyl (C=O) groups is 4. The molecular weight excluding hydrogens is 888 g/mol. The van der Waals surface area contributed by atoms with Gasteiger partial charge in [0.05, 0.1) is 0 Å². The SMILES string of the molecule is O=C(CC1C=CC=C(c2ccc(C(OC(c3ccccc3)c3ccc(C4=CC=CC(CC(=O)c5ccc(Br)cc5)C4=O)cc3)c3ccccc3)cc2)C1=O)c1ccc(Br)cc1. The van der Waals surface area contributed by atoms with Crippen LogP contribution >= 0.6 is 31.9 Å². The molecule has 0 fully saturated rings. The summed E-state index contributed by atoms with van der Waals surface area (Å²) in [4.78, 5) is 53.7. The van der Waals surface area contributed by atoms with Crippen LogP contribution in [0, 0.1) is 11.8 Å². The zero-order valence-electron chi connectivity index (χ0n) is 33.0. The van der Waals surface area contributed by atoms with Gasteiger partial charge in [-0.2, -0.15) is 0 Å². The highest BCUT2D eigenvalue weighted by Crippen LogP contribution is 2.38. The molecule has 0 N–H and O–H groups in total. The predicted octanol–water partition coefficient (Wildman–Crippen LogP) is 12.9. The summed E-state index contributed by atoms with van der Waals surface area (Å²) in [5.74, 6) is -1.43. The first-order valence-corrected chi connectivity index (χ1v) is 21.7. The molecule has 0 saturated heterocycles. The molecule has 0 bridgehead atoms. The Morgan fingerprint density at radius 3 is 1.16 bits per heavy atom. The van der Waals surface area contributed by atoms with Crippen LogP contribution in [-0.2, 0) is 14.3 Å². The van der Waals surface area contributed by atoms with Crippen LogP contribution in [0.5, 0.6) is 0 Å². The molecular formula is C54H40Br2O5. The van der Waals surface area contributed by atoms with Crippen molar-refractivity contribution in [2.45, 2.75) is 25.0 Å². The van der Waals surface area contributed by atoms with Crippen molar-refractivity contribution in [3.05, 3.63) is 248 Å². The van der Waals surface area contributed by atoms with Crippen LogP contribution in [0.25, 0.3) is 11.1 Å². The van der Waals surface area contributed by atoms with E-state index < -0.39 is 24.0 Å². The van der Waals surface area contributed by atoms with E-state index in [-0.39, 0.29) is 36.0 Å². The highest BCUT2D eigenvalue weighted by molar-refractivity contribution is 9.10. The number of carbonyl (C=O) groups excluding carboxylic acids is 4. The Bertz CT molecular complexity index is 2490. The number of rotatable bonds is 14. The van der Waals surface area contributed by atoms with Crippen molar-refractivity contribution in [2.75, 3.05) is 0 Å². The topological polar surface area (TPSA) is 77.5 Å². The van der Waals surface area contributed by atoms with E-state index in [9.17, 15) is 19.2 Å². The summed E-state index contributed by atoms with van der Waals surface area (Å²) in [6, 6.07) is 50.2. The third-order valence-electron chi connectivity index (χ3n) is 11.1. The largest absolute Gasteiger partial charge is 0.356 e. The molecule has 5 nitrogen and oxygen atoms in total. The van der Waals surface area contributed by atoms with Gasteiger partial charge in [-0.25, -0.2) is 0 Å². The number of Topliss-reactive ketones (excluding diaryl/α,β-unsaturated/α-hetero) is 4. The maximum absolute atomic E-state index is 13.8. The minimum Gasteiger partial charge on any atom is -0.356 e. The molecule has 0 heterocycles. The molecule has 6 aromatic carbocycles. The zero-order valence-corrected chi connectivity index (χ0v) is 36.2. The van der Waals surface area contributed by atoms with Crippen LogP contribution in [0.15, 0.2) is 203 Å². The van der Waals surface area contributed by atoms with E-state index in [4.69, 9.17) is 4.74 Å². The maximum Gasteiger partial charge on any atom is 0.170 e. The Morgan fingerprint density at radius 1 is 0.459 bits per heavy atom. The van der Waals surface area contributed by atoms with Gasteiger partial charge in [0.2, 0.25) is 0 Å².